The molecule has 0 aliphatic rings. The number of aryl methyl sites for hydroxylation is 2. The highest BCUT2D eigenvalue weighted by Gasteiger charge is 2.11. The van der Waals surface area contributed by atoms with Gasteiger partial charge < -0.3 is 14.4 Å². The first-order valence-corrected chi connectivity index (χ1v) is 6.83. The Kier molecular flexibility index (Phi) is 3.32. The second kappa shape index (κ2) is 5.13. The fraction of sp³-hybridized carbons (Fsp3) is 0.312. The van der Waals surface area contributed by atoms with Gasteiger partial charge in [0, 0.05) is 23.8 Å². The number of nitrogens with one attached hydrogen (secondary N) is 1. The standard InChI is InChI=1S/C16H19N3O/c1-11-15(12(2)20-18-11)10-19-7-6-14-8-13(9-17-3)4-5-16(14)19/h4-8,17H,9-10H2,1-3H3. The van der Waals surface area contributed by atoms with Gasteiger partial charge in [-0.25, -0.2) is 0 Å². The van der Waals surface area contributed by atoms with E-state index in [9.17, 15) is 0 Å². The zero-order valence-electron chi connectivity index (χ0n) is 12.1. The van der Waals surface area contributed by atoms with Crippen LogP contribution in [0.1, 0.15) is 22.6 Å². The molecule has 0 saturated heterocycles. The van der Waals surface area contributed by atoms with E-state index < -0.39 is 0 Å². The molecule has 0 fully saturated rings. The van der Waals surface area contributed by atoms with Crippen molar-refractivity contribution < 1.29 is 4.52 Å². The van der Waals surface area contributed by atoms with Crippen LogP contribution in [0.4, 0.5) is 0 Å². The highest BCUT2D eigenvalue weighted by molar-refractivity contribution is 5.81. The number of benzene rings is 1. The Morgan fingerprint density at radius 2 is 2.10 bits per heavy atom. The Labute approximate surface area is 118 Å². The molecular weight excluding hydrogens is 250 g/mol. The smallest absolute Gasteiger partial charge is 0.138 e. The van der Waals surface area contributed by atoms with E-state index >= 15 is 0 Å². The first kappa shape index (κ1) is 12.9. The monoisotopic (exact) mass is 269 g/mol. The number of hydrogen-bond donors (Lipinski definition) is 1. The molecule has 0 unspecified atom stereocenters. The molecule has 0 amide bonds. The lowest BCUT2D eigenvalue weighted by molar-refractivity contribution is 0.392. The SMILES string of the molecule is CNCc1ccc2c(ccn2Cc2c(C)noc2C)c1. The van der Waals surface area contributed by atoms with Crippen molar-refractivity contribution in [2.24, 2.45) is 0 Å². The number of aromatic nitrogens is 2. The summed E-state index contributed by atoms with van der Waals surface area (Å²) in [6, 6.07) is 8.74. The average molecular weight is 269 g/mol. The van der Waals surface area contributed by atoms with Crippen molar-refractivity contribution in [2.75, 3.05) is 7.05 Å². The zero-order valence-corrected chi connectivity index (χ0v) is 12.1. The topological polar surface area (TPSA) is 43.0 Å². The van der Waals surface area contributed by atoms with E-state index in [2.05, 4.69) is 45.5 Å². The molecule has 3 rings (SSSR count). The van der Waals surface area contributed by atoms with Crippen molar-refractivity contribution >= 4 is 10.9 Å². The Morgan fingerprint density at radius 3 is 2.80 bits per heavy atom. The fourth-order valence-electron chi connectivity index (χ4n) is 2.60. The highest BCUT2D eigenvalue weighted by atomic mass is 16.5. The van der Waals surface area contributed by atoms with Crippen LogP contribution < -0.4 is 5.32 Å². The summed E-state index contributed by atoms with van der Waals surface area (Å²) in [5, 5.41) is 8.47. The maximum Gasteiger partial charge on any atom is 0.138 e. The van der Waals surface area contributed by atoms with Gasteiger partial charge >= 0.3 is 0 Å². The van der Waals surface area contributed by atoms with Gasteiger partial charge in [-0.05, 0) is 50.0 Å². The summed E-state index contributed by atoms with van der Waals surface area (Å²) in [5.74, 6) is 0.899. The first-order valence-electron chi connectivity index (χ1n) is 6.83. The molecule has 0 aliphatic heterocycles. The summed E-state index contributed by atoms with van der Waals surface area (Å²) >= 11 is 0. The van der Waals surface area contributed by atoms with E-state index in [1.54, 1.807) is 0 Å². The van der Waals surface area contributed by atoms with Crippen LogP contribution in [0.25, 0.3) is 10.9 Å². The maximum atomic E-state index is 5.24. The molecule has 104 valence electrons. The van der Waals surface area contributed by atoms with Gasteiger partial charge in [0.15, 0.2) is 0 Å². The summed E-state index contributed by atoms with van der Waals surface area (Å²) in [5.41, 5.74) is 4.68. The summed E-state index contributed by atoms with van der Waals surface area (Å²) in [6.07, 6.45) is 2.12. The molecule has 1 N–H and O–H groups in total. The molecule has 3 aromatic rings. The second-order valence-corrected chi connectivity index (χ2v) is 5.17. The summed E-state index contributed by atoms with van der Waals surface area (Å²) < 4.78 is 7.48. The average Bonchev–Trinajstić information content (AvgIpc) is 2.97. The third-order valence-corrected chi connectivity index (χ3v) is 3.73. The number of rotatable bonds is 4. The Bertz CT molecular complexity index is 720. The Morgan fingerprint density at radius 1 is 1.25 bits per heavy atom. The molecular formula is C16H19N3O. The quantitative estimate of drug-likeness (QED) is 0.791. The van der Waals surface area contributed by atoms with Crippen molar-refractivity contribution in [2.45, 2.75) is 26.9 Å². The van der Waals surface area contributed by atoms with Crippen molar-refractivity contribution in [1.29, 1.82) is 0 Å². The van der Waals surface area contributed by atoms with Crippen LogP contribution in [-0.2, 0) is 13.1 Å². The van der Waals surface area contributed by atoms with Crippen LogP contribution in [0.5, 0.6) is 0 Å². The van der Waals surface area contributed by atoms with Gasteiger partial charge in [0.2, 0.25) is 0 Å². The van der Waals surface area contributed by atoms with Gasteiger partial charge in [-0.1, -0.05) is 11.2 Å². The van der Waals surface area contributed by atoms with Gasteiger partial charge in [-0.15, -0.1) is 0 Å². The number of hydrogen-bond acceptors (Lipinski definition) is 3. The fourth-order valence-corrected chi connectivity index (χ4v) is 2.60. The lowest BCUT2D eigenvalue weighted by Gasteiger charge is -2.06. The van der Waals surface area contributed by atoms with Crippen LogP contribution in [0.2, 0.25) is 0 Å². The van der Waals surface area contributed by atoms with Gasteiger partial charge in [-0.2, -0.15) is 0 Å². The lowest BCUT2D eigenvalue weighted by atomic mass is 10.1. The van der Waals surface area contributed by atoms with E-state index in [1.807, 2.05) is 20.9 Å². The van der Waals surface area contributed by atoms with Crippen LogP contribution in [-0.4, -0.2) is 16.8 Å². The first-order chi connectivity index (χ1) is 9.69. The molecule has 0 radical (unpaired) electrons. The highest BCUT2D eigenvalue weighted by Crippen LogP contribution is 2.21. The largest absolute Gasteiger partial charge is 0.361 e. The summed E-state index contributed by atoms with van der Waals surface area (Å²) in [7, 11) is 1.97. The van der Waals surface area contributed by atoms with Crippen LogP contribution in [0.15, 0.2) is 35.0 Å². The predicted octanol–water partition coefficient (Wildman–Crippen LogP) is 3.01. The Balaban J connectivity index is 1.97. The summed E-state index contributed by atoms with van der Waals surface area (Å²) in [4.78, 5) is 0. The molecule has 4 nitrogen and oxygen atoms in total. The van der Waals surface area contributed by atoms with Crippen molar-refractivity contribution in [3.8, 4) is 0 Å². The maximum absolute atomic E-state index is 5.24. The molecule has 0 saturated carbocycles. The predicted molar refractivity (Wildman–Crippen MR) is 79.8 cm³/mol. The zero-order chi connectivity index (χ0) is 14.1. The summed E-state index contributed by atoms with van der Waals surface area (Å²) in [6.45, 7) is 5.65. The van der Waals surface area contributed by atoms with Gasteiger partial charge in [0.05, 0.1) is 12.2 Å². The Hall–Kier alpha value is -2.07. The van der Waals surface area contributed by atoms with Gasteiger partial charge in [-0.3, -0.25) is 0 Å². The van der Waals surface area contributed by atoms with Crippen LogP contribution in [0.3, 0.4) is 0 Å². The molecule has 4 heteroatoms. The molecule has 0 bridgehead atoms. The van der Waals surface area contributed by atoms with Crippen LogP contribution >= 0.6 is 0 Å². The van der Waals surface area contributed by atoms with E-state index in [4.69, 9.17) is 4.52 Å². The van der Waals surface area contributed by atoms with Crippen molar-refractivity contribution in [1.82, 2.24) is 15.0 Å². The van der Waals surface area contributed by atoms with Crippen LogP contribution in [0, 0.1) is 13.8 Å². The molecule has 0 aliphatic carbocycles. The number of fused-ring (bicyclic) bond motifs is 1. The van der Waals surface area contributed by atoms with Gasteiger partial charge in [0.1, 0.15) is 5.76 Å². The molecule has 20 heavy (non-hydrogen) atoms. The minimum absolute atomic E-state index is 0.802. The molecule has 0 atom stereocenters. The van der Waals surface area contributed by atoms with Gasteiger partial charge in [0.25, 0.3) is 0 Å². The van der Waals surface area contributed by atoms with Crippen molar-refractivity contribution in [3.63, 3.8) is 0 Å². The third-order valence-electron chi connectivity index (χ3n) is 3.73. The number of nitrogens with zero attached hydrogens (tertiary/aromatic N) is 2. The van der Waals surface area contributed by atoms with Crippen molar-refractivity contribution in [3.05, 3.63) is 53.0 Å². The minimum atomic E-state index is 0.802. The third kappa shape index (κ3) is 2.23. The second-order valence-electron chi connectivity index (χ2n) is 5.17. The van der Waals surface area contributed by atoms with E-state index in [0.29, 0.717) is 0 Å². The normalized spacial score (nSPS) is 11.3. The lowest BCUT2D eigenvalue weighted by Crippen LogP contribution is -2.04. The van der Waals surface area contributed by atoms with E-state index in [1.165, 1.54) is 22.0 Å². The molecule has 2 aromatic heterocycles. The molecule has 2 heterocycles. The molecule has 0 spiro atoms. The van der Waals surface area contributed by atoms with E-state index in [-0.39, 0.29) is 0 Å². The van der Waals surface area contributed by atoms with E-state index in [0.717, 1.165) is 24.5 Å². The molecule has 1 aromatic carbocycles. The minimum Gasteiger partial charge on any atom is -0.361 e.